The third kappa shape index (κ3) is 3.51. The van der Waals surface area contributed by atoms with Crippen LogP contribution in [0.2, 0.25) is 0 Å². The molecule has 2 aromatic heterocycles. The lowest BCUT2D eigenvalue weighted by Gasteiger charge is -2.06. The molecular weight excluding hydrogens is 246 g/mol. The van der Waals surface area contributed by atoms with Gasteiger partial charge in [-0.15, -0.1) is 0 Å². The number of anilines is 1. The standard InChI is InChI=1S/C12H15N5O2/c1-2-9-5-8(6-10(13)17-9)12(18)14-4-3-11-15-7-16-19-11/h5-7H,2-4H2,1H3,(H2,13,17)(H,14,18). The summed E-state index contributed by atoms with van der Waals surface area (Å²) in [7, 11) is 0. The molecule has 0 unspecified atom stereocenters. The Morgan fingerprint density at radius 2 is 2.32 bits per heavy atom. The van der Waals surface area contributed by atoms with Crippen LogP contribution in [0.25, 0.3) is 0 Å². The zero-order valence-corrected chi connectivity index (χ0v) is 10.6. The Morgan fingerprint density at radius 3 is 3.00 bits per heavy atom. The summed E-state index contributed by atoms with van der Waals surface area (Å²) in [5.74, 6) is 0.647. The van der Waals surface area contributed by atoms with Crippen molar-refractivity contribution in [2.75, 3.05) is 12.3 Å². The fourth-order valence-electron chi connectivity index (χ4n) is 1.61. The molecule has 0 aliphatic rings. The van der Waals surface area contributed by atoms with E-state index >= 15 is 0 Å². The van der Waals surface area contributed by atoms with Crippen LogP contribution in [0.4, 0.5) is 5.82 Å². The number of hydrogen-bond acceptors (Lipinski definition) is 6. The van der Waals surface area contributed by atoms with Crippen LogP contribution < -0.4 is 11.1 Å². The van der Waals surface area contributed by atoms with E-state index in [0.717, 1.165) is 12.1 Å². The molecule has 0 atom stereocenters. The number of amides is 1. The second kappa shape index (κ2) is 5.94. The predicted molar refractivity (Wildman–Crippen MR) is 68.4 cm³/mol. The molecule has 0 saturated heterocycles. The van der Waals surface area contributed by atoms with E-state index in [-0.39, 0.29) is 5.91 Å². The third-order valence-electron chi connectivity index (χ3n) is 2.55. The Labute approximate surface area is 110 Å². The van der Waals surface area contributed by atoms with Crippen molar-refractivity contribution in [3.05, 3.63) is 35.6 Å². The summed E-state index contributed by atoms with van der Waals surface area (Å²) >= 11 is 0. The van der Waals surface area contributed by atoms with Crippen LogP contribution in [0.15, 0.2) is 23.0 Å². The Balaban J connectivity index is 1.94. The van der Waals surface area contributed by atoms with Crippen molar-refractivity contribution in [2.45, 2.75) is 19.8 Å². The number of nitrogen functional groups attached to an aromatic ring is 1. The molecule has 19 heavy (non-hydrogen) atoms. The maximum absolute atomic E-state index is 11.9. The third-order valence-corrected chi connectivity index (χ3v) is 2.55. The Kier molecular flexibility index (Phi) is 4.07. The van der Waals surface area contributed by atoms with Gasteiger partial charge in [-0.3, -0.25) is 4.79 Å². The molecule has 2 aromatic rings. The van der Waals surface area contributed by atoms with Gasteiger partial charge in [0.05, 0.1) is 0 Å². The molecule has 0 saturated carbocycles. The largest absolute Gasteiger partial charge is 0.384 e. The van der Waals surface area contributed by atoms with Crippen molar-refractivity contribution in [1.29, 1.82) is 0 Å². The van der Waals surface area contributed by atoms with E-state index in [1.54, 1.807) is 12.1 Å². The molecule has 7 heteroatoms. The number of aromatic nitrogens is 3. The van der Waals surface area contributed by atoms with Crippen molar-refractivity contribution in [1.82, 2.24) is 20.4 Å². The van der Waals surface area contributed by atoms with Crippen LogP contribution in [-0.4, -0.2) is 27.6 Å². The molecule has 0 spiro atoms. The maximum atomic E-state index is 11.9. The fourth-order valence-corrected chi connectivity index (χ4v) is 1.61. The van der Waals surface area contributed by atoms with E-state index in [1.165, 1.54) is 6.33 Å². The number of nitrogens with zero attached hydrogens (tertiary/aromatic N) is 3. The molecule has 3 N–H and O–H groups in total. The first kappa shape index (κ1) is 13.0. The lowest BCUT2D eigenvalue weighted by atomic mass is 10.2. The summed E-state index contributed by atoms with van der Waals surface area (Å²) in [4.78, 5) is 19.9. The van der Waals surface area contributed by atoms with Crippen LogP contribution in [0.3, 0.4) is 0 Å². The van der Waals surface area contributed by atoms with E-state index in [0.29, 0.717) is 30.2 Å². The number of carbonyl (C=O) groups excluding carboxylic acids is 1. The van der Waals surface area contributed by atoms with Crippen LogP contribution in [-0.2, 0) is 12.8 Å². The number of nitrogens with one attached hydrogen (secondary N) is 1. The highest BCUT2D eigenvalue weighted by atomic mass is 16.5. The molecule has 100 valence electrons. The number of nitrogens with two attached hydrogens (primary N) is 1. The van der Waals surface area contributed by atoms with Gasteiger partial charge in [0.15, 0.2) is 6.33 Å². The minimum atomic E-state index is -0.191. The molecule has 2 heterocycles. The predicted octanol–water partition coefficient (Wildman–Crippen LogP) is 0.582. The minimum Gasteiger partial charge on any atom is -0.384 e. The highest BCUT2D eigenvalue weighted by Crippen LogP contribution is 2.08. The second-order valence-electron chi connectivity index (χ2n) is 3.97. The first-order chi connectivity index (χ1) is 9.19. The highest BCUT2D eigenvalue weighted by molar-refractivity contribution is 5.94. The summed E-state index contributed by atoms with van der Waals surface area (Å²) in [5.41, 5.74) is 6.96. The number of hydrogen-bond donors (Lipinski definition) is 2. The SMILES string of the molecule is CCc1cc(C(=O)NCCc2ncno2)cc(N)n1. The average molecular weight is 261 g/mol. The van der Waals surface area contributed by atoms with Gasteiger partial charge in [-0.25, -0.2) is 4.98 Å². The molecule has 0 radical (unpaired) electrons. The quantitative estimate of drug-likeness (QED) is 0.815. The zero-order valence-electron chi connectivity index (χ0n) is 10.6. The maximum Gasteiger partial charge on any atom is 0.251 e. The molecular formula is C12H15N5O2. The molecule has 0 aliphatic carbocycles. The normalized spacial score (nSPS) is 10.4. The van der Waals surface area contributed by atoms with Crippen molar-refractivity contribution < 1.29 is 9.32 Å². The van der Waals surface area contributed by atoms with Gasteiger partial charge in [-0.05, 0) is 18.6 Å². The van der Waals surface area contributed by atoms with Crippen LogP contribution >= 0.6 is 0 Å². The van der Waals surface area contributed by atoms with Crippen molar-refractivity contribution in [3.63, 3.8) is 0 Å². The van der Waals surface area contributed by atoms with Gasteiger partial charge < -0.3 is 15.6 Å². The summed E-state index contributed by atoms with van der Waals surface area (Å²) in [6.45, 7) is 2.38. The molecule has 2 rings (SSSR count). The van der Waals surface area contributed by atoms with E-state index in [2.05, 4.69) is 20.4 Å². The first-order valence-electron chi connectivity index (χ1n) is 5.99. The van der Waals surface area contributed by atoms with E-state index < -0.39 is 0 Å². The summed E-state index contributed by atoms with van der Waals surface area (Å²) in [5, 5.41) is 6.25. The van der Waals surface area contributed by atoms with Crippen molar-refractivity contribution >= 4 is 11.7 Å². The molecule has 0 aromatic carbocycles. The van der Waals surface area contributed by atoms with Crippen molar-refractivity contribution in [3.8, 4) is 0 Å². The summed E-state index contributed by atoms with van der Waals surface area (Å²) in [6, 6.07) is 3.29. The molecule has 7 nitrogen and oxygen atoms in total. The topological polar surface area (TPSA) is 107 Å². The van der Waals surface area contributed by atoms with Crippen LogP contribution in [0.1, 0.15) is 28.9 Å². The van der Waals surface area contributed by atoms with Gasteiger partial charge in [-0.1, -0.05) is 12.1 Å². The smallest absolute Gasteiger partial charge is 0.251 e. The summed E-state index contributed by atoms with van der Waals surface area (Å²) < 4.78 is 4.83. The van der Waals surface area contributed by atoms with Gasteiger partial charge in [0.1, 0.15) is 5.82 Å². The minimum absolute atomic E-state index is 0.191. The number of carbonyl (C=O) groups is 1. The highest BCUT2D eigenvalue weighted by Gasteiger charge is 2.08. The van der Waals surface area contributed by atoms with Gasteiger partial charge in [-0.2, -0.15) is 4.98 Å². The molecule has 0 aliphatic heterocycles. The van der Waals surface area contributed by atoms with Gasteiger partial charge in [0, 0.05) is 24.2 Å². The average Bonchev–Trinajstić information content (AvgIpc) is 2.91. The Hall–Kier alpha value is -2.44. The van der Waals surface area contributed by atoms with Gasteiger partial charge in [0.25, 0.3) is 5.91 Å². The van der Waals surface area contributed by atoms with E-state index in [1.807, 2.05) is 6.92 Å². The lowest BCUT2D eigenvalue weighted by molar-refractivity contribution is 0.0953. The number of rotatable bonds is 5. The lowest BCUT2D eigenvalue weighted by Crippen LogP contribution is -2.26. The summed E-state index contributed by atoms with van der Waals surface area (Å²) in [6.07, 6.45) is 2.55. The molecule has 1 amide bonds. The number of pyridine rings is 1. The second-order valence-corrected chi connectivity index (χ2v) is 3.97. The fraction of sp³-hybridized carbons (Fsp3) is 0.333. The molecule has 0 fully saturated rings. The van der Waals surface area contributed by atoms with Crippen LogP contribution in [0.5, 0.6) is 0 Å². The Bertz CT molecular complexity index is 553. The Morgan fingerprint density at radius 1 is 1.47 bits per heavy atom. The monoisotopic (exact) mass is 261 g/mol. The van der Waals surface area contributed by atoms with Gasteiger partial charge >= 0.3 is 0 Å². The first-order valence-corrected chi connectivity index (χ1v) is 5.99. The van der Waals surface area contributed by atoms with Crippen molar-refractivity contribution in [2.24, 2.45) is 0 Å². The van der Waals surface area contributed by atoms with Gasteiger partial charge in [0.2, 0.25) is 5.89 Å². The van der Waals surface area contributed by atoms with E-state index in [9.17, 15) is 4.79 Å². The van der Waals surface area contributed by atoms with Crippen LogP contribution in [0, 0.1) is 0 Å². The molecule has 0 bridgehead atoms. The number of aryl methyl sites for hydroxylation is 1. The van der Waals surface area contributed by atoms with E-state index in [4.69, 9.17) is 10.3 Å². The zero-order chi connectivity index (χ0) is 13.7.